The van der Waals surface area contributed by atoms with Crippen molar-refractivity contribution in [1.29, 1.82) is 0 Å². The molecular weight excluding hydrogens is 328 g/mol. The van der Waals surface area contributed by atoms with Crippen molar-refractivity contribution in [2.45, 2.75) is 27.3 Å². The molecule has 0 atom stereocenters. The highest BCUT2D eigenvalue weighted by molar-refractivity contribution is 6.38. The van der Waals surface area contributed by atoms with Crippen LogP contribution in [-0.4, -0.2) is 32.3 Å². The Labute approximate surface area is 144 Å². The van der Waals surface area contributed by atoms with Crippen molar-refractivity contribution in [3.8, 4) is 0 Å². The van der Waals surface area contributed by atoms with Gasteiger partial charge in [-0.1, -0.05) is 17.7 Å². The number of carbonyl (C=O) groups excluding carboxylic acids is 1. The van der Waals surface area contributed by atoms with Crippen molar-refractivity contribution >= 4 is 28.6 Å². The Morgan fingerprint density at radius 2 is 2.08 bits per heavy atom. The first-order valence-corrected chi connectivity index (χ1v) is 7.98. The Balaban J connectivity index is 2.06. The lowest BCUT2D eigenvalue weighted by atomic mass is 10.2. The third kappa shape index (κ3) is 2.97. The zero-order valence-corrected chi connectivity index (χ0v) is 14.5. The lowest BCUT2D eigenvalue weighted by molar-refractivity contribution is 0.0526. The molecule has 0 bridgehead atoms. The summed E-state index contributed by atoms with van der Waals surface area (Å²) in [5, 5.41) is 5.50. The predicted octanol–water partition coefficient (Wildman–Crippen LogP) is 3.32. The Hall–Kier alpha value is -2.47. The second kappa shape index (κ2) is 6.57. The number of halogens is 1. The Kier molecular flexibility index (Phi) is 4.49. The number of hydrogen-bond donors (Lipinski definition) is 0. The summed E-state index contributed by atoms with van der Waals surface area (Å²) in [4.78, 5) is 20.5. The van der Waals surface area contributed by atoms with Crippen LogP contribution in [0.1, 0.15) is 34.1 Å². The van der Waals surface area contributed by atoms with Crippen LogP contribution in [0.15, 0.2) is 24.7 Å². The molecule has 0 aromatic carbocycles. The first kappa shape index (κ1) is 16.4. The van der Waals surface area contributed by atoms with E-state index < -0.39 is 5.97 Å². The van der Waals surface area contributed by atoms with Gasteiger partial charge in [0.05, 0.1) is 34.8 Å². The number of ether oxygens (including phenoxy) is 1. The Morgan fingerprint density at radius 1 is 1.29 bits per heavy atom. The molecule has 3 aromatic rings. The topological polar surface area (TPSA) is 69.9 Å². The first-order valence-electron chi connectivity index (χ1n) is 7.60. The van der Waals surface area contributed by atoms with Gasteiger partial charge in [0.25, 0.3) is 0 Å². The molecule has 3 heterocycles. The lowest BCUT2D eigenvalue weighted by Crippen LogP contribution is -2.07. The predicted molar refractivity (Wildman–Crippen MR) is 91.3 cm³/mol. The summed E-state index contributed by atoms with van der Waals surface area (Å²) in [6.45, 7) is 6.39. The second-order valence-corrected chi connectivity index (χ2v) is 5.90. The van der Waals surface area contributed by atoms with E-state index in [9.17, 15) is 4.79 Å². The van der Waals surface area contributed by atoms with Gasteiger partial charge in [-0.25, -0.2) is 14.5 Å². The lowest BCUT2D eigenvalue weighted by Gasteiger charge is -2.06. The van der Waals surface area contributed by atoms with Crippen molar-refractivity contribution in [3.63, 3.8) is 0 Å². The van der Waals surface area contributed by atoms with E-state index in [0.717, 1.165) is 11.1 Å². The Morgan fingerprint density at radius 3 is 2.79 bits per heavy atom. The number of rotatable bonds is 4. The molecule has 124 valence electrons. The highest BCUT2D eigenvalue weighted by Crippen LogP contribution is 2.29. The van der Waals surface area contributed by atoms with Gasteiger partial charge in [-0.15, -0.1) is 0 Å². The Bertz CT molecular complexity index is 920. The average molecular weight is 345 g/mol. The molecule has 0 aliphatic rings. The fourth-order valence-corrected chi connectivity index (χ4v) is 2.96. The normalized spacial score (nSPS) is 11.0. The zero-order valence-electron chi connectivity index (χ0n) is 13.7. The molecule has 0 amide bonds. The van der Waals surface area contributed by atoms with Gasteiger partial charge in [-0.3, -0.25) is 4.98 Å². The van der Waals surface area contributed by atoms with Gasteiger partial charge in [0.15, 0.2) is 5.65 Å². The van der Waals surface area contributed by atoms with Gasteiger partial charge < -0.3 is 4.74 Å². The average Bonchev–Trinajstić information content (AvgIpc) is 2.84. The standard InChI is InChI=1S/C17H17ClN4O2/c1-4-24-17(23)13-8-20-16-14(15(13)18)11(3)21-22(16)9-12-5-10(2)6-19-7-12/h5-8H,4,9H2,1-3H3. The summed E-state index contributed by atoms with van der Waals surface area (Å²) in [7, 11) is 0. The monoisotopic (exact) mass is 344 g/mol. The first-order chi connectivity index (χ1) is 11.5. The number of carbonyl (C=O) groups is 1. The van der Waals surface area contributed by atoms with Crippen LogP contribution in [0, 0.1) is 13.8 Å². The summed E-state index contributed by atoms with van der Waals surface area (Å²) in [5.74, 6) is -0.480. The quantitative estimate of drug-likeness (QED) is 0.679. The molecule has 0 saturated heterocycles. The molecule has 7 heteroatoms. The molecule has 6 nitrogen and oxygen atoms in total. The van der Waals surface area contributed by atoms with Gasteiger partial charge in [0.2, 0.25) is 0 Å². The molecule has 24 heavy (non-hydrogen) atoms. The van der Waals surface area contributed by atoms with Crippen molar-refractivity contribution < 1.29 is 9.53 Å². The van der Waals surface area contributed by atoms with Crippen LogP contribution >= 0.6 is 11.6 Å². The van der Waals surface area contributed by atoms with Crippen molar-refractivity contribution in [2.24, 2.45) is 0 Å². The molecule has 0 fully saturated rings. The van der Waals surface area contributed by atoms with Crippen LogP contribution in [0.25, 0.3) is 11.0 Å². The third-order valence-corrected chi connectivity index (χ3v) is 4.02. The van der Waals surface area contributed by atoms with Gasteiger partial charge in [0.1, 0.15) is 0 Å². The molecule has 0 N–H and O–H groups in total. The van der Waals surface area contributed by atoms with E-state index in [1.165, 1.54) is 6.20 Å². The number of aromatic nitrogens is 4. The number of fused-ring (bicyclic) bond motifs is 1. The van der Waals surface area contributed by atoms with E-state index in [2.05, 4.69) is 15.1 Å². The van der Waals surface area contributed by atoms with Crippen LogP contribution < -0.4 is 0 Å². The maximum atomic E-state index is 12.0. The minimum absolute atomic E-state index is 0.255. The maximum absolute atomic E-state index is 12.0. The number of hydrogen-bond acceptors (Lipinski definition) is 5. The molecule has 0 aliphatic carbocycles. The van der Waals surface area contributed by atoms with Crippen LogP contribution in [0.2, 0.25) is 5.02 Å². The largest absolute Gasteiger partial charge is 0.462 e. The van der Waals surface area contributed by atoms with Crippen LogP contribution in [-0.2, 0) is 11.3 Å². The van der Waals surface area contributed by atoms with Crippen LogP contribution in [0.3, 0.4) is 0 Å². The minimum atomic E-state index is -0.480. The van der Waals surface area contributed by atoms with Gasteiger partial charge >= 0.3 is 5.97 Å². The van der Waals surface area contributed by atoms with E-state index in [1.54, 1.807) is 24.0 Å². The fourth-order valence-electron chi connectivity index (χ4n) is 2.61. The second-order valence-electron chi connectivity index (χ2n) is 5.52. The fraction of sp³-hybridized carbons (Fsp3) is 0.294. The third-order valence-electron chi connectivity index (χ3n) is 3.63. The van der Waals surface area contributed by atoms with Gasteiger partial charge in [-0.2, -0.15) is 5.10 Å². The molecule has 0 spiro atoms. The summed E-state index contributed by atoms with van der Waals surface area (Å²) in [6, 6.07) is 2.05. The minimum Gasteiger partial charge on any atom is -0.462 e. The summed E-state index contributed by atoms with van der Waals surface area (Å²) in [6.07, 6.45) is 5.04. The summed E-state index contributed by atoms with van der Waals surface area (Å²) in [5.41, 5.74) is 3.70. The molecular formula is C17H17ClN4O2. The smallest absolute Gasteiger partial charge is 0.341 e. The van der Waals surface area contributed by atoms with Crippen molar-refractivity contribution in [3.05, 3.63) is 52.1 Å². The van der Waals surface area contributed by atoms with E-state index in [1.807, 2.05) is 19.9 Å². The summed E-state index contributed by atoms with van der Waals surface area (Å²) < 4.78 is 6.78. The van der Waals surface area contributed by atoms with E-state index in [0.29, 0.717) is 28.3 Å². The van der Waals surface area contributed by atoms with E-state index in [4.69, 9.17) is 16.3 Å². The van der Waals surface area contributed by atoms with Gasteiger partial charge in [-0.05, 0) is 31.9 Å². The molecule has 0 unspecified atom stereocenters. The highest BCUT2D eigenvalue weighted by Gasteiger charge is 2.20. The molecule has 3 rings (SSSR count). The van der Waals surface area contributed by atoms with E-state index >= 15 is 0 Å². The number of nitrogens with zero attached hydrogens (tertiary/aromatic N) is 4. The zero-order chi connectivity index (χ0) is 17.3. The summed E-state index contributed by atoms with van der Waals surface area (Å²) >= 11 is 6.41. The molecule has 0 saturated carbocycles. The number of esters is 1. The van der Waals surface area contributed by atoms with Gasteiger partial charge in [0, 0.05) is 18.6 Å². The van der Waals surface area contributed by atoms with Crippen molar-refractivity contribution in [2.75, 3.05) is 6.61 Å². The van der Waals surface area contributed by atoms with E-state index in [-0.39, 0.29) is 12.2 Å². The van der Waals surface area contributed by atoms with Crippen LogP contribution in [0.4, 0.5) is 0 Å². The number of pyridine rings is 2. The molecule has 0 radical (unpaired) electrons. The van der Waals surface area contributed by atoms with Crippen molar-refractivity contribution in [1.82, 2.24) is 19.7 Å². The SMILES string of the molecule is CCOC(=O)c1cnc2c(c(C)nn2Cc2cncc(C)c2)c1Cl. The maximum Gasteiger partial charge on any atom is 0.341 e. The molecule has 3 aromatic heterocycles. The van der Waals surface area contributed by atoms with Crippen LogP contribution in [0.5, 0.6) is 0 Å². The number of aryl methyl sites for hydroxylation is 2. The highest BCUT2D eigenvalue weighted by atomic mass is 35.5. The molecule has 0 aliphatic heterocycles.